The molecule has 46 valence electrons. The van der Waals surface area contributed by atoms with E-state index in [1.807, 2.05) is 0 Å². The van der Waals surface area contributed by atoms with Crippen molar-refractivity contribution in [2.45, 2.75) is 18.9 Å². The molecule has 1 saturated heterocycles. The van der Waals surface area contributed by atoms with Gasteiger partial charge in [0.1, 0.15) is 0 Å². The molecule has 2 fully saturated rings. The highest BCUT2D eigenvalue weighted by atomic mass is 15.0. The van der Waals surface area contributed by atoms with Crippen molar-refractivity contribution in [2.24, 2.45) is 11.1 Å². The lowest BCUT2D eigenvalue weighted by Gasteiger charge is -2.54. The molecule has 2 rings (SSSR count). The van der Waals surface area contributed by atoms with Gasteiger partial charge < -0.3 is 11.1 Å². The molecule has 2 aliphatic rings. The Balaban J connectivity index is 2.03. The second-order valence-electron chi connectivity index (χ2n) is 3.11. The predicted octanol–water partition coefficient (Wildman–Crippen LogP) is -0.303. The number of hydrogen-bond donors (Lipinski definition) is 2. The van der Waals surface area contributed by atoms with E-state index in [-0.39, 0.29) is 0 Å². The average Bonchev–Trinajstić information content (AvgIpc) is 1.58. The molecular formula is C6H12N2. The van der Waals surface area contributed by atoms with Crippen molar-refractivity contribution in [1.29, 1.82) is 0 Å². The van der Waals surface area contributed by atoms with Crippen LogP contribution in [-0.2, 0) is 0 Å². The summed E-state index contributed by atoms with van der Waals surface area (Å²) in [6.07, 6.45) is 2.61. The van der Waals surface area contributed by atoms with Gasteiger partial charge in [0, 0.05) is 24.5 Å². The number of nitrogens with one attached hydrogen (secondary N) is 1. The molecule has 0 unspecified atom stereocenters. The lowest BCUT2D eigenvalue weighted by Crippen LogP contribution is -2.67. The Morgan fingerprint density at radius 3 is 2.25 bits per heavy atom. The fourth-order valence-corrected chi connectivity index (χ4v) is 1.60. The van der Waals surface area contributed by atoms with Crippen molar-refractivity contribution < 1.29 is 0 Å². The van der Waals surface area contributed by atoms with Gasteiger partial charge in [-0.25, -0.2) is 0 Å². The smallest absolute Gasteiger partial charge is 0.0120 e. The molecule has 0 amide bonds. The van der Waals surface area contributed by atoms with Gasteiger partial charge in [0.25, 0.3) is 0 Å². The molecule has 0 radical (unpaired) electrons. The molecule has 0 aromatic heterocycles. The number of rotatable bonds is 0. The quantitative estimate of drug-likeness (QED) is 0.451. The standard InChI is InChI=1S/C6H12N2/c7-5-1-2-6(5)3-8-4-6/h5,8H,1-4,7H2/t5-/m0/s1. The average molecular weight is 112 g/mol. The minimum Gasteiger partial charge on any atom is -0.327 e. The van der Waals surface area contributed by atoms with Crippen molar-refractivity contribution in [1.82, 2.24) is 5.32 Å². The summed E-state index contributed by atoms with van der Waals surface area (Å²) in [5.74, 6) is 0. The maximum absolute atomic E-state index is 5.78. The largest absolute Gasteiger partial charge is 0.327 e. The third kappa shape index (κ3) is 0.361. The van der Waals surface area contributed by atoms with Crippen LogP contribution in [0.15, 0.2) is 0 Å². The van der Waals surface area contributed by atoms with Crippen LogP contribution in [0.2, 0.25) is 0 Å². The van der Waals surface area contributed by atoms with Gasteiger partial charge in [-0.15, -0.1) is 0 Å². The van der Waals surface area contributed by atoms with Crippen LogP contribution in [-0.4, -0.2) is 19.1 Å². The van der Waals surface area contributed by atoms with E-state index in [2.05, 4.69) is 5.32 Å². The van der Waals surface area contributed by atoms with Gasteiger partial charge in [0.15, 0.2) is 0 Å². The molecule has 1 spiro atoms. The minimum atomic E-state index is 0.517. The zero-order chi connectivity index (χ0) is 5.61. The predicted molar refractivity (Wildman–Crippen MR) is 32.5 cm³/mol. The molecule has 3 N–H and O–H groups in total. The molecule has 8 heavy (non-hydrogen) atoms. The van der Waals surface area contributed by atoms with E-state index in [9.17, 15) is 0 Å². The van der Waals surface area contributed by atoms with Gasteiger partial charge in [-0.2, -0.15) is 0 Å². The van der Waals surface area contributed by atoms with E-state index in [0.717, 1.165) is 0 Å². The summed E-state index contributed by atoms with van der Waals surface area (Å²) in [6, 6.07) is 0.517. The molecule has 2 heteroatoms. The SMILES string of the molecule is N[C@H]1CCC12CNC2. The Hall–Kier alpha value is -0.0800. The van der Waals surface area contributed by atoms with Gasteiger partial charge in [-0.05, 0) is 12.8 Å². The Morgan fingerprint density at radius 2 is 2.25 bits per heavy atom. The first-order valence-electron chi connectivity index (χ1n) is 3.30. The van der Waals surface area contributed by atoms with Crippen LogP contribution in [0.4, 0.5) is 0 Å². The summed E-state index contributed by atoms with van der Waals surface area (Å²) in [7, 11) is 0. The molecule has 0 aromatic carbocycles. The molecule has 2 nitrogen and oxygen atoms in total. The normalized spacial score (nSPS) is 40.9. The summed E-state index contributed by atoms with van der Waals surface area (Å²) in [5, 5.41) is 3.25. The summed E-state index contributed by atoms with van der Waals surface area (Å²) in [6.45, 7) is 2.35. The zero-order valence-corrected chi connectivity index (χ0v) is 4.98. The van der Waals surface area contributed by atoms with Crippen LogP contribution >= 0.6 is 0 Å². The van der Waals surface area contributed by atoms with Crippen LogP contribution in [0, 0.1) is 5.41 Å². The number of nitrogens with two attached hydrogens (primary N) is 1. The zero-order valence-electron chi connectivity index (χ0n) is 4.98. The van der Waals surface area contributed by atoms with Crippen LogP contribution in [0.3, 0.4) is 0 Å². The van der Waals surface area contributed by atoms with Gasteiger partial charge in [0.2, 0.25) is 0 Å². The molecule has 1 heterocycles. The first-order valence-corrected chi connectivity index (χ1v) is 3.30. The van der Waals surface area contributed by atoms with Crippen molar-refractivity contribution in [3.05, 3.63) is 0 Å². The van der Waals surface area contributed by atoms with Crippen LogP contribution in [0.25, 0.3) is 0 Å². The van der Waals surface area contributed by atoms with Gasteiger partial charge in [0.05, 0.1) is 0 Å². The van der Waals surface area contributed by atoms with E-state index >= 15 is 0 Å². The van der Waals surface area contributed by atoms with E-state index in [1.165, 1.54) is 25.9 Å². The topological polar surface area (TPSA) is 38.0 Å². The molecule has 0 aromatic rings. The van der Waals surface area contributed by atoms with Crippen molar-refractivity contribution in [3.63, 3.8) is 0 Å². The molecule has 1 saturated carbocycles. The maximum Gasteiger partial charge on any atom is 0.0120 e. The van der Waals surface area contributed by atoms with E-state index < -0.39 is 0 Å². The Labute approximate surface area is 49.4 Å². The minimum absolute atomic E-state index is 0.517. The summed E-state index contributed by atoms with van der Waals surface area (Å²) < 4.78 is 0. The van der Waals surface area contributed by atoms with E-state index in [4.69, 9.17) is 5.73 Å². The van der Waals surface area contributed by atoms with E-state index in [1.54, 1.807) is 0 Å². The third-order valence-electron chi connectivity index (χ3n) is 2.69. The lowest BCUT2D eigenvalue weighted by molar-refractivity contribution is 0.0297. The first-order chi connectivity index (χ1) is 3.83. The highest BCUT2D eigenvalue weighted by molar-refractivity contribution is 5.06. The molecule has 1 atom stereocenters. The summed E-state index contributed by atoms with van der Waals surface area (Å²) in [5.41, 5.74) is 6.35. The van der Waals surface area contributed by atoms with Crippen molar-refractivity contribution in [2.75, 3.05) is 13.1 Å². The third-order valence-corrected chi connectivity index (χ3v) is 2.69. The first kappa shape index (κ1) is 4.77. The highest BCUT2D eigenvalue weighted by Crippen LogP contribution is 2.42. The van der Waals surface area contributed by atoms with Crippen molar-refractivity contribution >= 4 is 0 Å². The molecule has 0 bridgehead atoms. The second kappa shape index (κ2) is 1.25. The van der Waals surface area contributed by atoms with Crippen LogP contribution < -0.4 is 11.1 Å². The molecule has 1 aliphatic heterocycles. The molecule has 1 aliphatic carbocycles. The summed E-state index contributed by atoms with van der Waals surface area (Å²) in [4.78, 5) is 0. The van der Waals surface area contributed by atoms with Crippen molar-refractivity contribution in [3.8, 4) is 0 Å². The second-order valence-corrected chi connectivity index (χ2v) is 3.11. The van der Waals surface area contributed by atoms with E-state index in [0.29, 0.717) is 11.5 Å². The molecular weight excluding hydrogens is 100 g/mol. The Kier molecular flexibility index (Phi) is 0.746. The van der Waals surface area contributed by atoms with Gasteiger partial charge in [-0.3, -0.25) is 0 Å². The van der Waals surface area contributed by atoms with Crippen LogP contribution in [0.1, 0.15) is 12.8 Å². The monoisotopic (exact) mass is 112 g/mol. The number of hydrogen-bond acceptors (Lipinski definition) is 2. The highest BCUT2D eigenvalue weighted by Gasteiger charge is 2.48. The lowest BCUT2D eigenvalue weighted by atomic mass is 9.61. The Bertz CT molecular complexity index is 102. The summed E-state index contributed by atoms with van der Waals surface area (Å²) >= 11 is 0. The fraction of sp³-hybridized carbons (Fsp3) is 1.00. The Morgan fingerprint density at radius 1 is 1.50 bits per heavy atom. The fourth-order valence-electron chi connectivity index (χ4n) is 1.60. The van der Waals surface area contributed by atoms with Crippen LogP contribution in [0.5, 0.6) is 0 Å². The maximum atomic E-state index is 5.78. The van der Waals surface area contributed by atoms with Gasteiger partial charge >= 0.3 is 0 Å². The van der Waals surface area contributed by atoms with Gasteiger partial charge in [-0.1, -0.05) is 0 Å².